The molecule has 2 N–H and O–H groups in total. The standard InChI is InChI=1S/C26H27ClN6O2/c1-33(2)26(34-3)14-22(15-26)35-21-8-6-19(7-9-21)31-25-28-11-10-24(32-25)30-20-12-17-4-5-18(27)13-23(17)29-16-20/h4-13,16,22H,14-15H2,1-3H3,(H2,28,30,31,32). The molecule has 9 heteroatoms. The summed E-state index contributed by atoms with van der Waals surface area (Å²) >= 11 is 6.05. The number of halogens is 1. The number of rotatable bonds is 8. The number of hydrogen-bond donors (Lipinski definition) is 2. The zero-order valence-electron chi connectivity index (χ0n) is 19.8. The van der Waals surface area contributed by atoms with Gasteiger partial charge in [-0.05, 0) is 62.6 Å². The molecule has 2 aromatic heterocycles. The van der Waals surface area contributed by atoms with Crippen molar-refractivity contribution in [2.45, 2.75) is 24.7 Å². The van der Waals surface area contributed by atoms with E-state index in [0.717, 1.165) is 40.9 Å². The highest BCUT2D eigenvalue weighted by Crippen LogP contribution is 2.39. The molecular weight excluding hydrogens is 464 g/mol. The second-order valence-electron chi connectivity index (χ2n) is 8.79. The zero-order valence-corrected chi connectivity index (χ0v) is 20.6. The SMILES string of the molecule is COC1(N(C)C)CC(Oc2ccc(Nc3nccc(Nc4cnc5cc(Cl)ccc5c4)n3)cc2)C1. The molecule has 0 bridgehead atoms. The van der Waals surface area contributed by atoms with E-state index in [2.05, 4.69) is 30.5 Å². The highest BCUT2D eigenvalue weighted by atomic mass is 35.5. The lowest BCUT2D eigenvalue weighted by Crippen LogP contribution is -2.59. The quantitative estimate of drug-likeness (QED) is 0.308. The highest BCUT2D eigenvalue weighted by molar-refractivity contribution is 6.31. The average Bonchev–Trinajstić information content (AvgIpc) is 2.82. The van der Waals surface area contributed by atoms with Crippen LogP contribution < -0.4 is 15.4 Å². The summed E-state index contributed by atoms with van der Waals surface area (Å²) in [4.78, 5) is 15.5. The number of fused-ring (bicyclic) bond motifs is 1. The number of hydrogen-bond acceptors (Lipinski definition) is 8. The van der Waals surface area contributed by atoms with Gasteiger partial charge in [0.25, 0.3) is 0 Å². The Labute approximate surface area is 209 Å². The third kappa shape index (κ3) is 5.14. The van der Waals surface area contributed by atoms with Crippen LogP contribution in [0.1, 0.15) is 12.8 Å². The first kappa shape index (κ1) is 23.3. The van der Waals surface area contributed by atoms with Crippen LogP contribution in [-0.2, 0) is 4.74 Å². The molecule has 0 radical (unpaired) electrons. The Morgan fingerprint density at radius 3 is 2.51 bits per heavy atom. The molecule has 1 aliphatic rings. The Bertz CT molecular complexity index is 1330. The zero-order chi connectivity index (χ0) is 24.4. The molecule has 1 fully saturated rings. The molecule has 0 unspecified atom stereocenters. The summed E-state index contributed by atoms with van der Waals surface area (Å²) in [7, 11) is 5.81. The van der Waals surface area contributed by atoms with Crippen LogP contribution in [-0.4, -0.2) is 52.9 Å². The number of benzene rings is 2. The van der Waals surface area contributed by atoms with Crippen LogP contribution in [0.15, 0.2) is 67.0 Å². The lowest BCUT2D eigenvalue weighted by molar-refractivity contribution is -0.204. The number of nitrogens with one attached hydrogen (secondary N) is 2. The van der Waals surface area contributed by atoms with Gasteiger partial charge in [0.15, 0.2) is 0 Å². The first-order valence-corrected chi connectivity index (χ1v) is 11.7. The summed E-state index contributed by atoms with van der Waals surface area (Å²) in [6, 6.07) is 17.2. The van der Waals surface area contributed by atoms with E-state index in [4.69, 9.17) is 21.1 Å². The topological polar surface area (TPSA) is 84.4 Å². The Morgan fingerprint density at radius 1 is 0.971 bits per heavy atom. The van der Waals surface area contributed by atoms with E-state index in [1.165, 1.54) is 0 Å². The fraction of sp³-hybridized carbons (Fsp3) is 0.269. The van der Waals surface area contributed by atoms with Gasteiger partial charge in [-0.3, -0.25) is 9.88 Å². The third-order valence-corrected chi connectivity index (χ3v) is 6.51. The van der Waals surface area contributed by atoms with E-state index in [1.54, 1.807) is 25.6 Å². The molecule has 2 heterocycles. The van der Waals surface area contributed by atoms with Crippen LogP contribution >= 0.6 is 11.6 Å². The van der Waals surface area contributed by atoms with Gasteiger partial charge in [-0.1, -0.05) is 17.7 Å². The molecule has 1 saturated carbocycles. The van der Waals surface area contributed by atoms with Crippen LogP contribution in [0.25, 0.3) is 10.9 Å². The predicted molar refractivity (Wildman–Crippen MR) is 139 cm³/mol. The van der Waals surface area contributed by atoms with Gasteiger partial charge in [-0.15, -0.1) is 0 Å². The van der Waals surface area contributed by atoms with E-state index in [0.29, 0.717) is 16.8 Å². The van der Waals surface area contributed by atoms with Crippen LogP contribution in [0.2, 0.25) is 5.02 Å². The lowest BCUT2D eigenvalue weighted by Gasteiger charge is -2.50. The maximum atomic E-state index is 6.10. The Balaban J connectivity index is 1.20. The molecule has 4 aromatic rings. The molecule has 0 atom stereocenters. The van der Waals surface area contributed by atoms with Crippen molar-refractivity contribution in [3.63, 3.8) is 0 Å². The van der Waals surface area contributed by atoms with Crippen molar-refractivity contribution in [2.24, 2.45) is 0 Å². The van der Waals surface area contributed by atoms with Crippen LogP contribution in [0.3, 0.4) is 0 Å². The molecule has 180 valence electrons. The summed E-state index contributed by atoms with van der Waals surface area (Å²) in [5.74, 6) is 1.97. The monoisotopic (exact) mass is 490 g/mol. The van der Waals surface area contributed by atoms with E-state index in [1.807, 2.05) is 62.6 Å². The van der Waals surface area contributed by atoms with Gasteiger partial charge in [0.2, 0.25) is 5.95 Å². The van der Waals surface area contributed by atoms with Crippen molar-refractivity contribution < 1.29 is 9.47 Å². The fourth-order valence-electron chi connectivity index (χ4n) is 4.19. The van der Waals surface area contributed by atoms with Gasteiger partial charge < -0.3 is 20.1 Å². The maximum absolute atomic E-state index is 6.10. The number of methoxy groups -OCH3 is 1. The highest BCUT2D eigenvalue weighted by Gasteiger charge is 2.48. The number of pyridine rings is 1. The van der Waals surface area contributed by atoms with Crippen LogP contribution in [0, 0.1) is 0 Å². The molecular formula is C26H27ClN6O2. The second-order valence-corrected chi connectivity index (χ2v) is 9.23. The molecule has 0 spiro atoms. The number of anilines is 4. The Hall–Kier alpha value is -3.46. The summed E-state index contributed by atoms with van der Waals surface area (Å²) in [6.45, 7) is 0. The average molecular weight is 491 g/mol. The van der Waals surface area contributed by atoms with E-state index < -0.39 is 0 Å². The molecule has 0 saturated heterocycles. The summed E-state index contributed by atoms with van der Waals surface area (Å²) in [6.07, 6.45) is 5.27. The third-order valence-electron chi connectivity index (χ3n) is 6.28. The number of ether oxygens (including phenoxy) is 2. The first-order valence-electron chi connectivity index (χ1n) is 11.3. The molecule has 2 aromatic carbocycles. The number of nitrogens with zero attached hydrogens (tertiary/aromatic N) is 4. The summed E-state index contributed by atoms with van der Waals surface area (Å²) in [5, 5.41) is 8.17. The molecule has 1 aliphatic carbocycles. The van der Waals surface area contributed by atoms with Crippen LogP contribution in [0.4, 0.5) is 23.1 Å². The first-order chi connectivity index (χ1) is 16.9. The van der Waals surface area contributed by atoms with Crippen molar-refractivity contribution in [3.8, 4) is 5.75 Å². The minimum Gasteiger partial charge on any atom is -0.490 e. The second kappa shape index (κ2) is 9.65. The minimum absolute atomic E-state index is 0.142. The van der Waals surface area contributed by atoms with Gasteiger partial charge in [-0.2, -0.15) is 4.98 Å². The van der Waals surface area contributed by atoms with Crippen molar-refractivity contribution in [1.29, 1.82) is 0 Å². The van der Waals surface area contributed by atoms with Crippen molar-refractivity contribution in [3.05, 3.63) is 72.0 Å². The van der Waals surface area contributed by atoms with Gasteiger partial charge in [0, 0.05) is 42.2 Å². The largest absolute Gasteiger partial charge is 0.490 e. The van der Waals surface area contributed by atoms with Gasteiger partial charge in [0.05, 0.1) is 17.4 Å². The summed E-state index contributed by atoms with van der Waals surface area (Å²) < 4.78 is 11.8. The van der Waals surface area contributed by atoms with Crippen molar-refractivity contribution in [1.82, 2.24) is 19.9 Å². The molecule has 0 aliphatic heterocycles. The smallest absolute Gasteiger partial charge is 0.229 e. The summed E-state index contributed by atoms with van der Waals surface area (Å²) in [5.41, 5.74) is 2.31. The lowest BCUT2D eigenvalue weighted by atomic mass is 9.83. The van der Waals surface area contributed by atoms with E-state index >= 15 is 0 Å². The Kier molecular flexibility index (Phi) is 6.42. The predicted octanol–water partition coefficient (Wildman–Crippen LogP) is 5.61. The van der Waals surface area contributed by atoms with E-state index in [-0.39, 0.29) is 11.8 Å². The minimum atomic E-state index is -0.223. The van der Waals surface area contributed by atoms with Crippen LogP contribution in [0.5, 0.6) is 5.75 Å². The van der Waals surface area contributed by atoms with Gasteiger partial charge in [-0.25, -0.2) is 4.98 Å². The Morgan fingerprint density at radius 2 is 1.77 bits per heavy atom. The van der Waals surface area contributed by atoms with E-state index in [9.17, 15) is 0 Å². The van der Waals surface area contributed by atoms with Gasteiger partial charge >= 0.3 is 0 Å². The fourth-order valence-corrected chi connectivity index (χ4v) is 4.35. The maximum Gasteiger partial charge on any atom is 0.229 e. The molecule has 0 amide bonds. The number of aromatic nitrogens is 3. The molecule has 8 nitrogen and oxygen atoms in total. The normalized spacial score (nSPS) is 19.4. The molecule has 5 rings (SSSR count). The van der Waals surface area contributed by atoms with Crippen molar-refractivity contribution in [2.75, 3.05) is 31.8 Å². The van der Waals surface area contributed by atoms with Crippen molar-refractivity contribution >= 4 is 45.6 Å². The molecule has 35 heavy (non-hydrogen) atoms. The van der Waals surface area contributed by atoms with Gasteiger partial charge in [0.1, 0.15) is 23.4 Å².